The molecule has 68 valence electrons. The molecule has 2 rings (SSSR count). The average Bonchev–Trinajstić information content (AvgIpc) is 2.75. The summed E-state index contributed by atoms with van der Waals surface area (Å²) >= 11 is 1.44. The van der Waals surface area contributed by atoms with Gasteiger partial charge in [-0.2, -0.15) is 0 Å². The van der Waals surface area contributed by atoms with E-state index < -0.39 is 0 Å². The predicted octanol–water partition coefficient (Wildman–Crippen LogP) is 0.693. The second-order valence-corrected chi connectivity index (χ2v) is 3.95. The summed E-state index contributed by atoms with van der Waals surface area (Å²) in [5.74, 6) is 0.0919. The Hall–Kier alpha value is -0.645. The Morgan fingerprint density at radius 3 is 2.69 bits per heavy atom. The highest BCUT2D eigenvalue weighted by molar-refractivity contribution is 7.23. The van der Waals surface area contributed by atoms with Gasteiger partial charge in [-0.3, -0.25) is 4.79 Å². The van der Waals surface area contributed by atoms with E-state index >= 15 is 0 Å². The van der Waals surface area contributed by atoms with E-state index in [0.29, 0.717) is 13.2 Å². The fourth-order valence-electron chi connectivity index (χ4n) is 1.19. The van der Waals surface area contributed by atoms with E-state index in [2.05, 4.69) is 0 Å². The van der Waals surface area contributed by atoms with Crippen LogP contribution in [0.3, 0.4) is 0 Å². The number of hydrogen-bond donors (Lipinski definition) is 0. The number of carbonyl (C=O) groups excluding carboxylic acids is 1. The van der Waals surface area contributed by atoms with Crippen molar-refractivity contribution in [2.75, 3.05) is 13.2 Å². The van der Waals surface area contributed by atoms with Crippen molar-refractivity contribution in [3.63, 3.8) is 0 Å². The molecule has 1 aromatic heterocycles. The molecule has 0 aromatic carbocycles. The highest BCUT2D eigenvalue weighted by Crippen LogP contribution is 2.11. The maximum absolute atomic E-state index is 11.0. The van der Waals surface area contributed by atoms with E-state index in [0.717, 1.165) is 9.65 Å². The van der Waals surface area contributed by atoms with E-state index in [-0.39, 0.29) is 12.9 Å². The number of hydrogen-bond acceptors (Lipinski definition) is 4. The van der Waals surface area contributed by atoms with Crippen LogP contribution >= 0.6 is 11.3 Å². The third kappa shape index (κ3) is 1.82. The Balaban J connectivity index is 2.16. The Labute approximate surface area is 80.8 Å². The lowest BCUT2D eigenvalue weighted by Crippen LogP contribution is -2.28. The Morgan fingerprint density at radius 1 is 1.46 bits per heavy atom. The SMILES string of the molecule is CC(=O)c1ccc(B2OCCO2)s1. The quantitative estimate of drug-likeness (QED) is 0.515. The van der Waals surface area contributed by atoms with Crippen LogP contribution in [0, 0.1) is 0 Å². The lowest BCUT2D eigenvalue weighted by Gasteiger charge is -1.97. The second-order valence-electron chi connectivity index (χ2n) is 2.83. The smallest absolute Gasteiger partial charge is 0.404 e. The van der Waals surface area contributed by atoms with Crippen molar-refractivity contribution in [2.24, 2.45) is 0 Å². The van der Waals surface area contributed by atoms with Crippen molar-refractivity contribution in [3.8, 4) is 0 Å². The van der Waals surface area contributed by atoms with Gasteiger partial charge in [0.2, 0.25) is 0 Å². The third-order valence-electron chi connectivity index (χ3n) is 1.83. The predicted molar refractivity (Wildman–Crippen MR) is 51.6 cm³/mol. The molecule has 0 radical (unpaired) electrons. The molecular formula is C8H9BO3S. The Morgan fingerprint density at radius 2 is 2.15 bits per heavy atom. The van der Waals surface area contributed by atoms with Gasteiger partial charge >= 0.3 is 7.12 Å². The summed E-state index contributed by atoms with van der Waals surface area (Å²) in [4.78, 5) is 11.8. The Kier molecular flexibility index (Phi) is 2.48. The minimum absolute atomic E-state index is 0.0919. The van der Waals surface area contributed by atoms with Crippen molar-refractivity contribution < 1.29 is 14.1 Å². The zero-order valence-corrected chi connectivity index (χ0v) is 8.10. The molecule has 0 amide bonds. The van der Waals surface area contributed by atoms with Crippen molar-refractivity contribution in [1.29, 1.82) is 0 Å². The molecule has 0 atom stereocenters. The minimum atomic E-state index is -0.252. The Bertz CT molecular complexity index is 317. The summed E-state index contributed by atoms with van der Waals surface area (Å²) in [6, 6.07) is 3.70. The van der Waals surface area contributed by atoms with Crippen LogP contribution < -0.4 is 4.78 Å². The molecule has 0 bridgehead atoms. The average molecular weight is 196 g/mol. The number of Topliss-reactive ketones (excluding diaryl/α,β-unsaturated/α-hetero) is 1. The van der Waals surface area contributed by atoms with E-state index in [1.54, 1.807) is 6.92 Å². The topological polar surface area (TPSA) is 35.5 Å². The first-order chi connectivity index (χ1) is 6.27. The number of rotatable bonds is 2. The summed E-state index contributed by atoms with van der Waals surface area (Å²) in [6.07, 6.45) is 0. The first-order valence-electron chi connectivity index (χ1n) is 4.11. The second kappa shape index (κ2) is 3.61. The van der Waals surface area contributed by atoms with Crippen LogP contribution in [0.25, 0.3) is 0 Å². The van der Waals surface area contributed by atoms with Gasteiger partial charge in [0.1, 0.15) is 0 Å². The molecule has 0 spiro atoms. The van der Waals surface area contributed by atoms with E-state index in [1.807, 2.05) is 12.1 Å². The summed E-state index contributed by atoms with van der Waals surface area (Å²) in [5, 5.41) is 0. The van der Waals surface area contributed by atoms with Gasteiger partial charge in [0.25, 0.3) is 0 Å². The standard InChI is InChI=1S/C8H9BO3S/c1-6(10)7-2-3-8(13-7)9-11-4-5-12-9/h2-3H,4-5H2,1H3. The monoisotopic (exact) mass is 196 g/mol. The molecule has 1 saturated heterocycles. The minimum Gasteiger partial charge on any atom is -0.404 e. The van der Waals surface area contributed by atoms with Crippen LogP contribution in [-0.2, 0) is 9.31 Å². The maximum Gasteiger partial charge on any atom is 0.504 e. The van der Waals surface area contributed by atoms with Gasteiger partial charge in [0.05, 0.1) is 18.1 Å². The van der Waals surface area contributed by atoms with Gasteiger partial charge in [-0.25, -0.2) is 0 Å². The molecule has 3 nitrogen and oxygen atoms in total. The first kappa shape index (κ1) is 8.93. The molecule has 1 aromatic rings. The molecule has 2 heterocycles. The summed E-state index contributed by atoms with van der Waals surface area (Å²) in [7, 11) is -0.252. The zero-order chi connectivity index (χ0) is 9.26. The van der Waals surface area contributed by atoms with Crippen molar-refractivity contribution in [2.45, 2.75) is 6.92 Å². The summed E-state index contributed by atoms with van der Waals surface area (Å²) in [6.45, 7) is 2.84. The number of ketones is 1. The van der Waals surface area contributed by atoms with Gasteiger partial charge < -0.3 is 9.31 Å². The van der Waals surface area contributed by atoms with Crippen LogP contribution in [0.2, 0.25) is 0 Å². The molecule has 0 saturated carbocycles. The third-order valence-corrected chi connectivity index (χ3v) is 3.04. The zero-order valence-electron chi connectivity index (χ0n) is 7.28. The maximum atomic E-state index is 11.0. The van der Waals surface area contributed by atoms with Crippen LogP contribution in [0.5, 0.6) is 0 Å². The van der Waals surface area contributed by atoms with Crippen molar-refractivity contribution in [3.05, 3.63) is 17.0 Å². The number of thiophene rings is 1. The molecule has 5 heteroatoms. The van der Waals surface area contributed by atoms with Crippen LogP contribution in [0.15, 0.2) is 12.1 Å². The van der Waals surface area contributed by atoms with Gasteiger partial charge in [0.15, 0.2) is 5.78 Å². The largest absolute Gasteiger partial charge is 0.504 e. The molecule has 0 aliphatic carbocycles. The summed E-state index contributed by atoms with van der Waals surface area (Å²) < 4.78 is 11.6. The van der Waals surface area contributed by atoms with Gasteiger partial charge in [-0.15, -0.1) is 11.3 Å². The molecule has 0 unspecified atom stereocenters. The molecule has 1 aliphatic rings. The van der Waals surface area contributed by atoms with E-state index in [4.69, 9.17) is 9.31 Å². The molecule has 1 fully saturated rings. The van der Waals surface area contributed by atoms with Crippen LogP contribution in [0.1, 0.15) is 16.6 Å². The highest BCUT2D eigenvalue weighted by Gasteiger charge is 2.28. The van der Waals surface area contributed by atoms with Gasteiger partial charge in [0, 0.05) is 4.78 Å². The molecular weight excluding hydrogens is 187 g/mol. The molecule has 1 aliphatic heterocycles. The first-order valence-corrected chi connectivity index (χ1v) is 4.93. The fraction of sp³-hybridized carbons (Fsp3) is 0.375. The highest BCUT2D eigenvalue weighted by atomic mass is 32.1. The van der Waals surface area contributed by atoms with Crippen LogP contribution in [0.4, 0.5) is 0 Å². The fourth-order valence-corrected chi connectivity index (χ4v) is 2.09. The number of carbonyl (C=O) groups is 1. The lowest BCUT2D eigenvalue weighted by atomic mass is 9.89. The molecule has 0 N–H and O–H groups in total. The molecule has 13 heavy (non-hydrogen) atoms. The van der Waals surface area contributed by atoms with Gasteiger partial charge in [-0.1, -0.05) is 6.07 Å². The lowest BCUT2D eigenvalue weighted by molar-refractivity contribution is 0.102. The van der Waals surface area contributed by atoms with E-state index in [9.17, 15) is 4.79 Å². The summed E-state index contributed by atoms with van der Waals surface area (Å²) in [5.41, 5.74) is 0. The van der Waals surface area contributed by atoms with Crippen molar-refractivity contribution in [1.82, 2.24) is 0 Å². The van der Waals surface area contributed by atoms with E-state index in [1.165, 1.54) is 11.3 Å². The van der Waals surface area contributed by atoms with Gasteiger partial charge in [-0.05, 0) is 13.0 Å². The van der Waals surface area contributed by atoms with Crippen LogP contribution in [-0.4, -0.2) is 26.1 Å². The normalized spacial score (nSPS) is 16.5. The van der Waals surface area contributed by atoms with Crippen molar-refractivity contribution >= 4 is 29.0 Å².